The molecule has 90 valence electrons. The molecule has 1 aliphatic rings. The smallest absolute Gasteiger partial charge is 0.186 e. The lowest BCUT2D eigenvalue weighted by atomic mass is 10.0. The molecule has 0 spiro atoms. The molecule has 1 N–H and O–H groups in total. The van der Waals surface area contributed by atoms with Gasteiger partial charge in [-0.25, -0.2) is 8.60 Å². The lowest BCUT2D eigenvalue weighted by Crippen LogP contribution is -1.91. The molecule has 1 atom stereocenters. The third-order valence-electron chi connectivity index (χ3n) is 2.71. The zero-order chi connectivity index (χ0) is 12.3. The van der Waals surface area contributed by atoms with E-state index in [1.54, 1.807) is 18.2 Å². The summed E-state index contributed by atoms with van der Waals surface area (Å²) in [6.07, 6.45) is 5.93. The molecule has 0 radical (unpaired) electrons. The van der Waals surface area contributed by atoms with E-state index in [-0.39, 0.29) is 5.82 Å². The van der Waals surface area contributed by atoms with E-state index in [0.717, 1.165) is 30.4 Å². The first-order valence-electron chi connectivity index (χ1n) is 5.44. The van der Waals surface area contributed by atoms with Crippen molar-refractivity contribution in [3.63, 3.8) is 0 Å². The Morgan fingerprint density at radius 1 is 1.35 bits per heavy atom. The molecule has 4 heteroatoms. The molecule has 0 saturated carbocycles. The van der Waals surface area contributed by atoms with Gasteiger partial charge in [0.25, 0.3) is 0 Å². The van der Waals surface area contributed by atoms with E-state index >= 15 is 0 Å². The van der Waals surface area contributed by atoms with Crippen LogP contribution < -0.4 is 0 Å². The molecule has 1 unspecified atom stereocenters. The van der Waals surface area contributed by atoms with Gasteiger partial charge in [-0.2, -0.15) is 0 Å². The summed E-state index contributed by atoms with van der Waals surface area (Å²) in [4.78, 5) is 0.404. The third kappa shape index (κ3) is 3.11. The van der Waals surface area contributed by atoms with Crippen LogP contribution in [0.3, 0.4) is 0 Å². The molecular weight excluding hydrogens is 239 g/mol. The maximum absolute atomic E-state index is 13.1. The fourth-order valence-corrected chi connectivity index (χ4v) is 2.38. The van der Waals surface area contributed by atoms with E-state index in [1.807, 2.05) is 6.07 Å². The molecule has 0 saturated heterocycles. The first-order valence-corrected chi connectivity index (χ1v) is 6.55. The van der Waals surface area contributed by atoms with Crippen LogP contribution in [-0.2, 0) is 11.1 Å². The Bertz CT molecular complexity index is 506. The van der Waals surface area contributed by atoms with Crippen molar-refractivity contribution in [2.24, 2.45) is 0 Å². The van der Waals surface area contributed by atoms with Crippen LogP contribution in [0.15, 0.2) is 41.3 Å². The summed E-state index contributed by atoms with van der Waals surface area (Å²) in [6.45, 7) is 0. The largest absolute Gasteiger partial charge is 0.302 e. The van der Waals surface area contributed by atoms with Gasteiger partial charge >= 0.3 is 0 Å². The van der Waals surface area contributed by atoms with Crippen LogP contribution in [0, 0.1) is 5.82 Å². The molecule has 1 aromatic rings. The highest BCUT2D eigenvalue weighted by Crippen LogP contribution is 2.27. The van der Waals surface area contributed by atoms with E-state index < -0.39 is 11.1 Å². The van der Waals surface area contributed by atoms with Gasteiger partial charge in [-0.05, 0) is 48.6 Å². The van der Waals surface area contributed by atoms with E-state index in [0.29, 0.717) is 4.91 Å². The van der Waals surface area contributed by atoms with E-state index in [1.165, 1.54) is 12.1 Å². The molecule has 0 aliphatic heterocycles. The van der Waals surface area contributed by atoms with Crippen LogP contribution in [0.1, 0.15) is 24.8 Å². The number of hydrogen-bond acceptors (Lipinski definition) is 1. The highest BCUT2D eigenvalue weighted by atomic mass is 32.2. The molecule has 2 nitrogen and oxygen atoms in total. The van der Waals surface area contributed by atoms with Gasteiger partial charge in [-0.3, -0.25) is 0 Å². The Labute approximate surface area is 102 Å². The minimum absolute atomic E-state index is 0.289. The molecular formula is C13H13FO2S. The topological polar surface area (TPSA) is 37.3 Å². The van der Waals surface area contributed by atoms with E-state index in [2.05, 4.69) is 0 Å². The number of hydrogen-bond donors (Lipinski definition) is 1. The second-order valence-electron chi connectivity index (χ2n) is 3.93. The van der Waals surface area contributed by atoms with Gasteiger partial charge in [0.15, 0.2) is 11.1 Å². The second-order valence-corrected chi connectivity index (χ2v) is 4.90. The minimum atomic E-state index is -1.97. The monoisotopic (exact) mass is 252 g/mol. The normalized spacial score (nSPS) is 18.0. The molecule has 1 aromatic carbocycles. The van der Waals surface area contributed by atoms with Crippen molar-refractivity contribution < 1.29 is 13.2 Å². The van der Waals surface area contributed by atoms with Crippen LogP contribution in [0.5, 0.6) is 0 Å². The zero-order valence-corrected chi connectivity index (χ0v) is 10.0. The van der Waals surface area contributed by atoms with Crippen molar-refractivity contribution in [1.82, 2.24) is 0 Å². The molecule has 0 fully saturated rings. The standard InChI is InChI=1S/C13H13FO2S/c14-12-6-3-5-10(8-12)11-4-1-2-7-13(9-11)17(15)16/h3,5-9H,1-2,4H2,(H,15,16). The molecule has 0 heterocycles. The quantitative estimate of drug-likeness (QED) is 0.818. The highest BCUT2D eigenvalue weighted by Gasteiger charge is 2.10. The third-order valence-corrected chi connectivity index (χ3v) is 3.40. The number of halogens is 1. The van der Waals surface area contributed by atoms with Gasteiger partial charge < -0.3 is 4.55 Å². The summed E-state index contributed by atoms with van der Waals surface area (Å²) in [6, 6.07) is 6.31. The predicted molar refractivity (Wildman–Crippen MR) is 67.1 cm³/mol. The summed E-state index contributed by atoms with van der Waals surface area (Å²) >= 11 is -1.97. The minimum Gasteiger partial charge on any atom is -0.302 e. The molecule has 2 rings (SSSR count). The van der Waals surface area contributed by atoms with Crippen molar-refractivity contribution in [2.45, 2.75) is 19.3 Å². The molecule has 17 heavy (non-hydrogen) atoms. The molecule has 0 amide bonds. The van der Waals surface area contributed by atoms with Crippen molar-refractivity contribution in [3.05, 3.63) is 52.7 Å². The van der Waals surface area contributed by atoms with Crippen LogP contribution in [0.25, 0.3) is 5.57 Å². The first-order chi connectivity index (χ1) is 8.16. The lowest BCUT2D eigenvalue weighted by Gasteiger charge is -2.06. The Hall–Kier alpha value is -1.26. The van der Waals surface area contributed by atoms with Crippen molar-refractivity contribution in [1.29, 1.82) is 0 Å². The van der Waals surface area contributed by atoms with Gasteiger partial charge in [0.2, 0.25) is 0 Å². The van der Waals surface area contributed by atoms with Crippen LogP contribution >= 0.6 is 0 Å². The molecule has 0 bridgehead atoms. The van der Waals surface area contributed by atoms with Crippen LogP contribution in [-0.4, -0.2) is 8.76 Å². The SMILES string of the molecule is O=S(O)C1=CCCCC(c2cccc(F)c2)=C1. The fourth-order valence-electron chi connectivity index (χ4n) is 1.88. The van der Waals surface area contributed by atoms with E-state index in [9.17, 15) is 8.60 Å². The van der Waals surface area contributed by atoms with Crippen molar-refractivity contribution in [2.75, 3.05) is 0 Å². The Balaban J connectivity index is 2.37. The van der Waals surface area contributed by atoms with Gasteiger partial charge in [0.1, 0.15) is 5.82 Å². The van der Waals surface area contributed by atoms with Gasteiger partial charge in [-0.1, -0.05) is 18.2 Å². The summed E-state index contributed by atoms with van der Waals surface area (Å²) < 4.78 is 33.3. The van der Waals surface area contributed by atoms with Crippen LogP contribution in [0.2, 0.25) is 0 Å². The maximum atomic E-state index is 13.1. The molecule has 1 aliphatic carbocycles. The Kier molecular flexibility index (Phi) is 3.86. The number of allylic oxidation sites excluding steroid dienone is 3. The summed E-state index contributed by atoms with van der Waals surface area (Å²) in [5, 5.41) is 0. The van der Waals surface area contributed by atoms with Crippen molar-refractivity contribution in [3.8, 4) is 0 Å². The van der Waals surface area contributed by atoms with Crippen LogP contribution in [0.4, 0.5) is 4.39 Å². The zero-order valence-electron chi connectivity index (χ0n) is 9.23. The Morgan fingerprint density at radius 2 is 2.18 bits per heavy atom. The first kappa shape index (κ1) is 12.2. The van der Waals surface area contributed by atoms with Gasteiger partial charge in [0.05, 0.1) is 4.91 Å². The Morgan fingerprint density at radius 3 is 2.88 bits per heavy atom. The van der Waals surface area contributed by atoms with E-state index in [4.69, 9.17) is 4.55 Å². The number of benzene rings is 1. The summed E-state index contributed by atoms with van der Waals surface area (Å²) in [7, 11) is 0. The highest BCUT2D eigenvalue weighted by molar-refractivity contribution is 7.83. The maximum Gasteiger partial charge on any atom is 0.186 e. The summed E-state index contributed by atoms with van der Waals surface area (Å²) in [5.41, 5.74) is 1.69. The fraction of sp³-hybridized carbons (Fsp3) is 0.231. The summed E-state index contributed by atoms with van der Waals surface area (Å²) in [5.74, 6) is -0.289. The predicted octanol–water partition coefficient (Wildman–Crippen LogP) is 3.50. The average molecular weight is 252 g/mol. The number of rotatable bonds is 2. The molecule has 0 aromatic heterocycles. The van der Waals surface area contributed by atoms with Gasteiger partial charge in [-0.15, -0.1) is 0 Å². The van der Waals surface area contributed by atoms with Crippen molar-refractivity contribution >= 4 is 16.7 Å². The second kappa shape index (κ2) is 5.38. The lowest BCUT2D eigenvalue weighted by molar-refractivity contribution is 0.572. The van der Waals surface area contributed by atoms with Gasteiger partial charge in [0, 0.05) is 0 Å². The average Bonchev–Trinajstić information content (AvgIpc) is 2.54.